The summed E-state index contributed by atoms with van der Waals surface area (Å²) in [5.41, 5.74) is 5.66. The van der Waals surface area contributed by atoms with Gasteiger partial charge in [-0.1, -0.05) is 24.3 Å². The lowest BCUT2D eigenvalue weighted by molar-refractivity contribution is 0.687. The van der Waals surface area contributed by atoms with Crippen molar-refractivity contribution < 1.29 is 0 Å². The molecule has 0 saturated carbocycles. The van der Waals surface area contributed by atoms with Crippen LogP contribution < -0.4 is 5.32 Å². The van der Waals surface area contributed by atoms with Gasteiger partial charge in [-0.05, 0) is 36.7 Å². The van der Waals surface area contributed by atoms with Gasteiger partial charge in [-0.15, -0.1) is 0 Å². The van der Waals surface area contributed by atoms with Gasteiger partial charge in [-0.25, -0.2) is 0 Å². The van der Waals surface area contributed by atoms with E-state index in [4.69, 9.17) is 0 Å². The lowest BCUT2D eigenvalue weighted by Gasteiger charge is -2.07. The average Bonchev–Trinajstić information content (AvgIpc) is 3.06. The number of hydrogen-bond acceptors (Lipinski definition) is 4. The Bertz CT molecular complexity index is 1000. The Balaban J connectivity index is 1.43. The Morgan fingerprint density at radius 2 is 1.81 bits per heavy atom. The van der Waals surface area contributed by atoms with Crippen LogP contribution in [0.3, 0.4) is 0 Å². The second-order valence-corrected chi connectivity index (χ2v) is 6.33. The summed E-state index contributed by atoms with van der Waals surface area (Å²) in [4.78, 5) is 8.61. The van der Waals surface area contributed by atoms with Crippen LogP contribution in [0.2, 0.25) is 0 Å². The van der Waals surface area contributed by atoms with E-state index in [0.717, 1.165) is 36.3 Å². The van der Waals surface area contributed by atoms with E-state index in [0.29, 0.717) is 0 Å². The number of fused-ring (bicyclic) bond motifs is 1. The van der Waals surface area contributed by atoms with Gasteiger partial charge in [-0.3, -0.25) is 14.6 Å². The lowest BCUT2D eigenvalue weighted by Crippen LogP contribution is -2.17. The van der Waals surface area contributed by atoms with Crippen LogP contribution in [0.4, 0.5) is 0 Å². The molecule has 5 nitrogen and oxygen atoms in total. The average molecular weight is 343 g/mol. The zero-order chi connectivity index (χ0) is 17.8. The monoisotopic (exact) mass is 343 g/mol. The zero-order valence-electron chi connectivity index (χ0n) is 14.8. The summed E-state index contributed by atoms with van der Waals surface area (Å²) >= 11 is 0. The predicted octanol–water partition coefficient (Wildman–Crippen LogP) is 3.36. The Morgan fingerprint density at radius 1 is 0.962 bits per heavy atom. The van der Waals surface area contributed by atoms with Crippen LogP contribution in [0.25, 0.3) is 22.2 Å². The van der Waals surface area contributed by atoms with Gasteiger partial charge in [-0.2, -0.15) is 5.10 Å². The van der Waals surface area contributed by atoms with Crippen LogP contribution in [-0.2, 0) is 20.0 Å². The largest absolute Gasteiger partial charge is 0.312 e. The molecule has 0 spiro atoms. The van der Waals surface area contributed by atoms with E-state index in [-0.39, 0.29) is 0 Å². The first kappa shape index (κ1) is 16.4. The van der Waals surface area contributed by atoms with Crippen molar-refractivity contribution in [1.29, 1.82) is 0 Å². The van der Waals surface area contributed by atoms with E-state index < -0.39 is 0 Å². The minimum Gasteiger partial charge on any atom is -0.312 e. The molecule has 0 aliphatic carbocycles. The molecule has 4 rings (SSSR count). The molecule has 0 fully saturated rings. The van der Waals surface area contributed by atoms with Crippen molar-refractivity contribution >= 4 is 10.9 Å². The quantitative estimate of drug-likeness (QED) is 0.546. The maximum atomic E-state index is 4.60. The molecule has 0 aliphatic heterocycles. The Labute approximate surface area is 152 Å². The minimum atomic E-state index is 0.781. The summed E-state index contributed by atoms with van der Waals surface area (Å²) in [6, 6.07) is 14.4. The highest BCUT2D eigenvalue weighted by atomic mass is 15.3. The standard InChI is InChI=1S/C21H21N5/c1-26-15-19(21(25-26)18-7-11-22-12-8-18)14-23-13-9-17-5-2-4-16-6-3-10-24-20(16)17/h2-8,10-12,15,23H,9,13-14H2,1H3. The molecular weight excluding hydrogens is 322 g/mol. The second-order valence-electron chi connectivity index (χ2n) is 6.33. The predicted molar refractivity (Wildman–Crippen MR) is 104 cm³/mol. The number of para-hydroxylation sites is 1. The number of benzene rings is 1. The normalized spacial score (nSPS) is 11.1. The SMILES string of the molecule is Cn1cc(CNCCc2cccc3cccnc23)c(-c2ccncc2)n1. The topological polar surface area (TPSA) is 55.6 Å². The number of nitrogens with one attached hydrogen (secondary N) is 1. The number of aromatic nitrogens is 4. The summed E-state index contributed by atoms with van der Waals surface area (Å²) in [5, 5.41) is 9.33. The molecule has 4 aromatic rings. The maximum Gasteiger partial charge on any atom is 0.0969 e. The fourth-order valence-electron chi connectivity index (χ4n) is 3.24. The molecule has 0 radical (unpaired) electrons. The Morgan fingerprint density at radius 3 is 2.69 bits per heavy atom. The van der Waals surface area contributed by atoms with E-state index in [1.807, 2.05) is 36.1 Å². The molecule has 0 saturated heterocycles. The van der Waals surface area contributed by atoms with Crippen LogP contribution in [0.15, 0.2) is 67.3 Å². The highest BCUT2D eigenvalue weighted by molar-refractivity contribution is 5.81. The van der Waals surface area contributed by atoms with Crippen LogP contribution in [0, 0.1) is 0 Å². The van der Waals surface area contributed by atoms with Gasteiger partial charge >= 0.3 is 0 Å². The van der Waals surface area contributed by atoms with Gasteiger partial charge in [0.05, 0.1) is 11.2 Å². The van der Waals surface area contributed by atoms with E-state index in [2.05, 4.69) is 50.8 Å². The maximum absolute atomic E-state index is 4.60. The molecule has 1 N–H and O–H groups in total. The molecule has 130 valence electrons. The summed E-state index contributed by atoms with van der Waals surface area (Å²) in [7, 11) is 1.95. The van der Waals surface area contributed by atoms with Crippen LogP contribution >= 0.6 is 0 Å². The Hall–Kier alpha value is -3.05. The fraction of sp³-hybridized carbons (Fsp3) is 0.190. The second kappa shape index (κ2) is 7.45. The van der Waals surface area contributed by atoms with Gasteiger partial charge in [0.2, 0.25) is 0 Å². The van der Waals surface area contributed by atoms with Gasteiger partial charge in [0.1, 0.15) is 0 Å². The lowest BCUT2D eigenvalue weighted by atomic mass is 10.1. The number of pyridine rings is 2. The van der Waals surface area contributed by atoms with Crippen molar-refractivity contribution in [3.63, 3.8) is 0 Å². The van der Waals surface area contributed by atoms with E-state index in [1.165, 1.54) is 16.5 Å². The van der Waals surface area contributed by atoms with Gasteiger partial charge < -0.3 is 5.32 Å². The third kappa shape index (κ3) is 3.48. The zero-order valence-corrected chi connectivity index (χ0v) is 14.8. The van der Waals surface area contributed by atoms with Crippen molar-refractivity contribution in [1.82, 2.24) is 25.1 Å². The number of rotatable bonds is 6. The molecule has 0 bridgehead atoms. The minimum absolute atomic E-state index is 0.781. The van der Waals surface area contributed by atoms with Gasteiger partial charge in [0.15, 0.2) is 0 Å². The van der Waals surface area contributed by atoms with Crippen LogP contribution in [0.5, 0.6) is 0 Å². The molecular formula is C21H21N5. The molecule has 0 aliphatic rings. The first-order valence-electron chi connectivity index (χ1n) is 8.77. The first-order valence-corrected chi connectivity index (χ1v) is 8.77. The summed E-state index contributed by atoms with van der Waals surface area (Å²) in [6.45, 7) is 1.67. The van der Waals surface area contributed by atoms with Crippen molar-refractivity contribution in [2.24, 2.45) is 7.05 Å². The molecule has 26 heavy (non-hydrogen) atoms. The van der Waals surface area contributed by atoms with Gasteiger partial charge in [0, 0.05) is 54.9 Å². The van der Waals surface area contributed by atoms with Crippen molar-refractivity contribution in [2.75, 3.05) is 6.54 Å². The molecule has 1 aromatic carbocycles. The van der Waals surface area contributed by atoms with E-state index >= 15 is 0 Å². The summed E-state index contributed by atoms with van der Waals surface area (Å²) < 4.78 is 1.86. The van der Waals surface area contributed by atoms with Crippen LogP contribution in [0.1, 0.15) is 11.1 Å². The fourth-order valence-corrected chi connectivity index (χ4v) is 3.24. The molecule has 3 aromatic heterocycles. The smallest absolute Gasteiger partial charge is 0.0969 e. The molecule has 0 atom stereocenters. The van der Waals surface area contributed by atoms with Crippen molar-refractivity contribution in [2.45, 2.75) is 13.0 Å². The number of nitrogens with zero attached hydrogens (tertiary/aromatic N) is 4. The van der Waals surface area contributed by atoms with E-state index in [1.54, 1.807) is 12.4 Å². The van der Waals surface area contributed by atoms with E-state index in [9.17, 15) is 0 Å². The molecule has 0 unspecified atom stereocenters. The van der Waals surface area contributed by atoms with Crippen LogP contribution in [-0.4, -0.2) is 26.3 Å². The molecule has 5 heteroatoms. The number of hydrogen-bond donors (Lipinski definition) is 1. The highest BCUT2D eigenvalue weighted by Gasteiger charge is 2.09. The molecule has 3 heterocycles. The molecule has 0 amide bonds. The third-order valence-corrected chi connectivity index (χ3v) is 4.46. The summed E-state index contributed by atoms with van der Waals surface area (Å²) in [6.07, 6.45) is 8.47. The number of aryl methyl sites for hydroxylation is 1. The highest BCUT2D eigenvalue weighted by Crippen LogP contribution is 2.21. The van der Waals surface area contributed by atoms with Gasteiger partial charge in [0.25, 0.3) is 0 Å². The van der Waals surface area contributed by atoms with Crippen molar-refractivity contribution in [3.8, 4) is 11.3 Å². The third-order valence-electron chi connectivity index (χ3n) is 4.46. The Kier molecular flexibility index (Phi) is 4.71. The summed E-state index contributed by atoms with van der Waals surface area (Å²) in [5.74, 6) is 0. The first-order chi connectivity index (χ1) is 12.8. The van der Waals surface area contributed by atoms with Crippen molar-refractivity contribution in [3.05, 3.63) is 78.4 Å².